The lowest BCUT2D eigenvalue weighted by atomic mass is 10.2. The van der Waals surface area contributed by atoms with Gasteiger partial charge in [-0.2, -0.15) is 0 Å². The Morgan fingerprint density at radius 2 is 2.05 bits per heavy atom. The first kappa shape index (κ1) is 16.6. The average Bonchev–Trinajstić information content (AvgIpc) is 2.97. The van der Waals surface area contributed by atoms with Gasteiger partial charge in [0, 0.05) is 22.4 Å². The van der Waals surface area contributed by atoms with Crippen molar-refractivity contribution in [3.8, 4) is 0 Å². The molecule has 0 radical (unpaired) electrons. The molecule has 2 rings (SSSR count). The molecular formula is C14H17BrN2O2S2. The van der Waals surface area contributed by atoms with Gasteiger partial charge in [0.25, 0.3) is 0 Å². The first-order valence-electron chi connectivity index (χ1n) is 6.54. The molecule has 0 spiro atoms. The SMILES string of the molecule is CCNCc1ccc(Br)c(S(=O)(=O)NCc2cccs2)c1. The minimum Gasteiger partial charge on any atom is -0.313 e. The Kier molecular flexibility index (Phi) is 5.95. The van der Waals surface area contributed by atoms with E-state index in [1.165, 1.54) is 11.3 Å². The molecule has 0 amide bonds. The molecular weight excluding hydrogens is 372 g/mol. The minimum absolute atomic E-state index is 0.273. The Morgan fingerprint density at radius 3 is 2.71 bits per heavy atom. The maximum absolute atomic E-state index is 12.4. The van der Waals surface area contributed by atoms with Crippen molar-refractivity contribution in [1.82, 2.24) is 10.0 Å². The third-order valence-corrected chi connectivity index (χ3v) is 6.15. The van der Waals surface area contributed by atoms with Crippen LogP contribution in [0.15, 0.2) is 45.1 Å². The molecule has 7 heteroatoms. The van der Waals surface area contributed by atoms with Crippen LogP contribution >= 0.6 is 27.3 Å². The number of sulfonamides is 1. The van der Waals surface area contributed by atoms with E-state index in [0.717, 1.165) is 17.0 Å². The number of thiophene rings is 1. The summed E-state index contributed by atoms with van der Waals surface area (Å²) >= 11 is 4.84. The number of hydrogen-bond donors (Lipinski definition) is 2. The van der Waals surface area contributed by atoms with Gasteiger partial charge in [0.05, 0.1) is 4.90 Å². The van der Waals surface area contributed by atoms with Crippen molar-refractivity contribution in [2.75, 3.05) is 6.54 Å². The predicted molar refractivity (Wildman–Crippen MR) is 89.9 cm³/mol. The lowest BCUT2D eigenvalue weighted by molar-refractivity contribution is 0.581. The molecule has 0 aliphatic rings. The Bertz CT molecular complexity index is 685. The molecule has 21 heavy (non-hydrogen) atoms. The topological polar surface area (TPSA) is 58.2 Å². The van der Waals surface area contributed by atoms with Crippen LogP contribution in [0.2, 0.25) is 0 Å². The van der Waals surface area contributed by atoms with Crippen molar-refractivity contribution in [2.45, 2.75) is 24.9 Å². The summed E-state index contributed by atoms with van der Waals surface area (Å²) in [5, 5.41) is 5.12. The van der Waals surface area contributed by atoms with Crippen LogP contribution in [0.4, 0.5) is 0 Å². The standard InChI is InChI=1S/C14H17BrN2O2S2/c1-2-16-9-11-5-6-13(15)14(8-11)21(18,19)17-10-12-4-3-7-20-12/h3-8,16-17H,2,9-10H2,1H3. The second-order valence-electron chi connectivity index (χ2n) is 4.45. The van der Waals surface area contributed by atoms with E-state index in [1.54, 1.807) is 12.1 Å². The van der Waals surface area contributed by atoms with Gasteiger partial charge in [-0.1, -0.05) is 19.1 Å². The van der Waals surface area contributed by atoms with E-state index in [-0.39, 0.29) is 4.90 Å². The van der Waals surface area contributed by atoms with Crippen LogP contribution in [0.5, 0.6) is 0 Å². The molecule has 0 aliphatic carbocycles. The molecule has 0 atom stereocenters. The van der Waals surface area contributed by atoms with Crippen molar-refractivity contribution in [3.63, 3.8) is 0 Å². The molecule has 1 aromatic carbocycles. The smallest absolute Gasteiger partial charge is 0.242 e. The highest BCUT2D eigenvalue weighted by Crippen LogP contribution is 2.23. The second kappa shape index (κ2) is 7.51. The van der Waals surface area contributed by atoms with Crippen molar-refractivity contribution in [3.05, 3.63) is 50.6 Å². The normalized spacial score (nSPS) is 11.7. The monoisotopic (exact) mass is 388 g/mol. The Balaban J connectivity index is 2.17. The van der Waals surface area contributed by atoms with E-state index >= 15 is 0 Å². The van der Waals surface area contributed by atoms with Crippen molar-refractivity contribution < 1.29 is 8.42 Å². The average molecular weight is 389 g/mol. The van der Waals surface area contributed by atoms with E-state index in [2.05, 4.69) is 26.0 Å². The fraction of sp³-hybridized carbons (Fsp3) is 0.286. The van der Waals surface area contributed by atoms with Gasteiger partial charge in [-0.05, 0) is 51.6 Å². The highest BCUT2D eigenvalue weighted by atomic mass is 79.9. The molecule has 0 saturated heterocycles. The van der Waals surface area contributed by atoms with Gasteiger partial charge in [-0.15, -0.1) is 11.3 Å². The third kappa shape index (κ3) is 4.62. The fourth-order valence-electron chi connectivity index (χ4n) is 1.79. The lowest BCUT2D eigenvalue weighted by Crippen LogP contribution is -2.23. The molecule has 2 N–H and O–H groups in total. The summed E-state index contributed by atoms with van der Waals surface area (Å²) in [5.41, 5.74) is 0.941. The summed E-state index contributed by atoms with van der Waals surface area (Å²) < 4.78 is 28.0. The van der Waals surface area contributed by atoms with Gasteiger partial charge in [0.2, 0.25) is 10.0 Å². The van der Waals surface area contributed by atoms with E-state index in [1.807, 2.05) is 30.5 Å². The van der Waals surface area contributed by atoms with Crippen molar-refractivity contribution in [1.29, 1.82) is 0 Å². The van der Waals surface area contributed by atoms with Crippen LogP contribution in [0.25, 0.3) is 0 Å². The number of benzene rings is 1. The third-order valence-electron chi connectivity index (χ3n) is 2.88. The predicted octanol–water partition coefficient (Wildman–Crippen LogP) is 3.10. The van der Waals surface area contributed by atoms with E-state index in [4.69, 9.17) is 0 Å². The molecule has 114 valence electrons. The first-order chi connectivity index (χ1) is 10.0. The minimum atomic E-state index is -3.53. The largest absolute Gasteiger partial charge is 0.313 e. The molecule has 0 unspecified atom stereocenters. The van der Waals surface area contributed by atoms with Crippen LogP contribution in [0.3, 0.4) is 0 Å². The van der Waals surface area contributed by atoms with Crippen molar-refractivity contribution in [2.24, 2.45) is 0 Å². The van der Waals surface area contributed by atoms with E-state index in [9.17, 15) is 8.42 Å². The summed E-state index contributed by atoms with van der Waals surface area (Å²) in [6.07, 6.45) is 0. The number of hydrogen-bond acceptors (Lipinski definition) is 4. The van der Waals surface area contributed by atoms with Gasteiger partial charge in [-0.25, -0.2) is 13.1 Å². The Hall–Kier alpha value is -0.730. The van der Waals surface area contributed by atoms with Crippen molar-refractivity contribution >= 4 is 37.3 Å². The summed E-state index contributed by atoms with van der Waals surface area (Å²) in [6.45, 7) is 3.81. The van der Waals surface area contributed by atoms with Crippen LogP contribution < -0.4 is 10.0 Å². The van der Waals surface area contributed by atoms with Gasteiger partial charge >= 0.3 is 0 Å². The zero-order valence-corrected chi connectivity index (χ0v) is 14.8. The van der Waals surface area contributed by atoms with Gasteiger partial charge in [-0.3, -0.25) is 0 Å². The Labute approximate surface area is 137 Å². The summed E-state index contributed by atoms with van der Waals surface area (Å²) in [7, 11) is -3.53. The molecule has 0 aliphatic heterocycles. The summed E-state index contributed by atoms with van der Waals surface area (Å²) in [4.78, 5) is 1.26. The quantitative estimate of drug-likeness (QED) is 0.765. The van der Waals surface area contributed by atoms with Crippen LogP contribution in [-0.4, -0.2) is 15.0 Å². The first-order valence-corrected chi connectivity index (χ1v) is 9.69. The summed E-state index contributed by atoms with van der Waals surface area (Å²) in [6, 6.07) is 9.19. The Morgan fingerprint density at radius 1 is 1.24 bits per heavy atom. The van der Waals surface area contributed by atoms with E-state index < -0.39 is 10.0 Å². The molecule has 2 aromatic rings. The molecule has 1 aromatic heterocycles. The number of rotatable bonds is 7. The van der Waals surface area contributed by atoms with Crippen LogP contribution in [0.1, 0.15) is 17.4 Å². The number of nitrogens with one attached hydrogen (secondary N) is 2. The lowest BCUT2D eigenvalue weighted by Gasteiger charge is -2.10. The molecule has 4 nitrogen and oxygen atoms in total. The summed E-state index contributed by atoms with van der Waals surface area (Å²) in [5.74, 6) is 0. The molecule has 1 heterocycles. The molecule has 0 fully saturated rings. The van der Waals surface area contributed by atoms with Gasteiger partial charge < -0.3 is 5.32 Å². The van der Waals surface area contributed by atoms with E-state index in [0.29, 0.717) is 17.6 Å². The highest BCUT2D eigenvalue weighted by molar-refractivity contribution is 9.10. The highest BCUT2D eigenvalue weighted by Gasteiger charge is 2.18. The van der Waals surface area contributed by atoms with Crippen LogP contribution in [0, 0.1) is 0 Å². The molecule has 0 bridgehead atoms. The van der Waals surface area contributed by atoms with Crippen LogP contribution in [-0.2, 0) is 23.1 Å². The maximum Gasteiger partial charge on any atom is 0.242 e. The molecule has 0 saturated carbocycles. The number of halogens is 1. The maximum atomic E-state index is 12.4. The van der Waals surface area contributed by atoms with Gasteiger partial charge in [0.1, 0.15) is 0 Å². The zero-order chi connectivity index (χ0) is 15.3. The fourth-order valence-corrected chi connectivity index (χ4v) is 4.54. The van der Waals surface area contributed by atoms with Gasteiger partial charge in [0.15, 0.2) is 0 Å². The zero-order valence-electron chi connectivity index (χ0n) is 11.6. The second-order valence-corrected chi connectivity index (χ2v) is 8.07.